The maximum absolute atomic E-state index is 9.56. The van der Waals surface area contributed by atoms with Crippen molar-refractivity contribution in [3.8, 4) is 0 Å². The van der Waals surface area contributed by atoms with Crippen molar-refractivity contribution in [2.45, 2.75) is 31.8 Å². The quantitative estimate of drug-likeness (QED) is 0.666. The molecule has 0 aromatic heterocycles. The van der Waals surface area contributed by atoms with Gasteiger partial charge in [-0.05, 0) is 25.5 Å². The van der Waals surface area contributed by atoms with Crippen LogP contribution in [0.3, 0.4) is 0 Å². The van der Waals surface area contributed by atoms with Crippen LogP contribution in [0.4, 0.5) is 0 Å². The lowest BCUT2D eigenvalue weighted by atomic mass is 10.1. The summed E-state index contributed by atoms with van der Waals surface area (Å²) in [5.74, 6) is -1.20. The first kappa shape index (κ1) is 16.0. The first-order valence-corrected chi connectivity index (χ1v) is 6.95. The summed E-state index contributed by atoms with van der Waals surface area (Å²) in [7, 11) is 0. The molecule has 1 N–H and O–H groups in total. The average Bonchev–Trinajstić information content (AvgIpc) is 2.85. The van der Waals surface area contributed by atoms with E-state index in [0.717, 1.165) is 11.8 Å². The van der Waals surface area contributed by atoms with Gasteiger partial charge in [0.05, 0.1) is 6.61 Å². The molecule has 6 nitrogen and oxygen atoms in total. The number of hydrogen-bond acceptors (Lipinski definition) is 5. The van der Waals surface area contributed by atoms with Gasteiger partial charge in [0.2, 0.25) is 5.39 Å². The smallest absolute Gasteiger partial charge is 0.429 e. The van der Waals surface area contributed by atoms with Gasteiger partial charge in [0.15, 0.2) is 10.8 Å². The molecular weight excluding hydrogens is 284 g/mol. The number of diazo groups is 1. The Kier molecular flexibility index (Phi) is 5.15. The number of benzene rings is 1. The predicted octanol–water partition coefficient (Wildman–Crippen LogP) is 3.45. The van der Waals surface area contributed by atoms with E-state index in [9.17, 15) is 5.11 Å². The molecule has 0 spiro atoms. The fourth-order valence-corrected chi connectivity index (χ4v) is 2.11. The van der Waals surface area contributed by atoms with E-state index in [1.165, 1.54) is 0 Å². The molecule has 0 saturated carbocycles. The molecule has 0 unspecified atom stereocenters. The van der Waals surface area contributed by atoms with Crippen LogP contribution < -0.4 is 0 Å². The highest BCUT2D eigenvalue weighted by Crippen LogP contribution is 2.27. The third-order valence-corrected chi connectivity index (χ3v) is 3.10. The molecule has 6 heteroatoms. The molecule has 2 atom stereocenters. The van der Waals surface area contributed by atoms with Gasteiger partial charge in [-0.15, -0.1) is 0 Å². The van der Waals surface area contributed by atoms with Crippen molar-refractivity contribution in [3.63, 3.8) is 0 Å². The maximum atomic E-state index is 9.56. The summed E-state index contributed by atoms with van der Waals surface area (Å²) in [6.07, 6.45) is 3.48. The van der Waals surface area contributed by atoms with E-state index in [0.29, 0.717) is 6.61 Å². The Bertz CT molecular complexity index is 590. The molecule has 0 amide bonds. The van der Waals surface area contributed by atoms with E-state index in [1.54, 1.807) is 6.08 Å². The van der Waals surface area contributed by atoms with Crippen molar-refractivity contribution in [3.05, 3.63) is 59.1 Å². The molecule has 1 aliphatic rings. The Balaban J connectivity index is 2.13. The van der Waals surface area contributed by atoms with Crippen LogP contribution in [0.2, 0.25) is 0 Å². The van der Waals surface area contributed by atoms with Gasteiger partial charge in [-0.1, -0.05) is 36.4 Å². The van der Waals surface area contributed by atoms with Crippen molar-refractivity contribution in [1.82, 2.24) is 0 Å². The third-order valence-electron chi connectivity index (χ3n) is 3.10. The topological polar surface area (TPSA) is 76.1 Å². The molecule has 1 saturated heterocycles. The number of aliphatic hydroxyl groups is 1. The summed E-state index contributed by atoms with van der Waals surface area (Å²) in [5.41, 5.74) is 0.990. The molecular formula is C16H19N2O4+. The van der Waals surface area contributed by atoms with Crippen molar-refractivity contribution in [1.29, 1.82) is 5.39 Å². The van der Waals surface area contributed by atoms with Crippen LogP contribution in [0, 0.1) is 5.39 Å². The van der Waals surface area contributed by atoms with Crippen LogP contribution in [0.25, 0.3) is 11.1 Å². The lowest BCUT2D eigenvalue weighted by Gasteiger charge is -2.21. The molecule has 1 aliphatic heterocycles. The summed E-state index contributed by atoms with van der Waals surface area (Å²) >= 11 is 0. The number of hydrogen-bond donors (Lipinski definition) is 1. The van der Waals surface area contributed by atoms with E-state index in [1.807, 2.05) is 50.3 Å². The van der Waals surface area contributed by atoms with Gasteiger partial charge in [-0.3, -0.25) is 0 Å². The van der Waals surface area contributed by atoms with Crippen LogP contribution >= 0.6 is 0 Å². The second-order valence-electron chi connectivity index (χ2n) is 5.30. The van der Waals surface area contributed by atoms with Crippen molar-refractivity contribution < 1.29 is 19.3 Å². The van der Waals surface area contributed by atoms with E-state index >= 15 is 0 Å². The molecule has 22 heavy (non-hydrogen) atoms. The minimum absolute atomic E-state index is 0.334. The van der Waals surface area contributed by atoms with Crippen LogP contribution in [-0.2, 0) is 14.2 Å². The number of nitrogens with zero attached hydrogens (tertiary/aromatic N) is 2. The van der Waals surface area contributed by atoms with Crippen LogP contribution in [0.15, 0.2) is 48.6 Å². The minimum atomic E-state index is -0.701. The van der Waals surface area contributed by atoms with E-state index in [2.05, 4.69) is 4.98 Å². The Morgan fingerprint density at radius 1 is 1.45 bits per heavy atom. The Hall–Kier alpha value is -2.36. The Morgan fingerprint density at radius 2 is 2.18 bits per heavy atom. The predicted molar refractivity (Wildman–Crippen MR) is 81.0 cm³/mol. The zero-order valence-corrected chi connectivity index (χ0v) is 12.5. The van der Waals surface area contributed by atoms with Gasteiger partial charge in [-0.2, -0.15) is 0 Å². The fourth-order valence-electron chi connectivity index (χ4n) is 2.11. The van der Waals surface area contributed by atoms with E-state index in [4.69, 9.17) is 19.6 Å². The second-order valence-corrected chi connectivity index (χ2v) is 5.30. The summed E-state index contributed by atoms with van der Waals surface area (Å²) in [5, 5.41) is 18.0. The van der Waals surface area contributed by atoms with Crippen LogP contribution in [0.1, 0.15) is 19.4 Å². The maximum Gasteiger partial charge on any atom is 0.429 e. The number of ether oxygens (including phenoxy) is 3. The lowest BCUT2D eigenvalue weighted by Crippen LogP contribution is -2.31. The summed E-state index contributed by atoms with van der Waals surface area (Å²) < 4.78 is 16.6. The molecule has 0 radical (unpaired) electrons. The monoisotopic (exact) mass is 303 g/mol. The molecule has 2 rings (SSSR count). The number of rotatable bonds is 5. The molecule has 1 heterocycles. The normalized spacial score (nSPS) is 22.4. The molecule has 1 aromatic rings. The van der Waals surface area contributed by atoms with Crippen LogP contribution in [-0.4, -0.2) is 29.7 Å². The molecule has 1 fully saturated rings. The van der Waals surface area contributed by atoms with Crippen LogP contribution in [0.5, 0.6) is 0 Å². The summed E-state index contributed by atoms with van der Waals surface area (Å²) in [4.78, 5) is 2.73. The second kappa shape index (κ2) is 7.07. The summed E-state index contributed by atoms with van der Waals surface area (Å²) in [6.45, 7) is 3.95. The zero-order chi connectivity index (χ0) is 16.0. The van der Waals surface area contributed by atoms with Crippen molar-refractivity contribution in [2.75, 3.05) is 6.61 Å². The molecule has 0 aliphatic carbocycles. The Labute approximate surface area is 129 Å². The SMILES string of the molecule is CC1(C)OC[C@H]([C@@H](/C=C\c2ccccc2)O/C(O)=C\[N+]#N)O1. The Morgan fingerprint density at radius 3 is 2.77 bits per heavy atom. The number of aliphatic hydroxyl groups excluding tert-OH is 1. The molecule has 0 bridgehead atoms. The van der Waals surface area contributed by atoms with E-state index < -0.39 is 17.8 Å². The standard InChI is InChI=1S/C16H18N2O4/c1-16(2)20-11-14(22-16)13(21-15(19)10-18-17)9-8-12-6-4-3-5-7-12/h3-10,13-14H,11H2,1-2H3/p+1/b9-8-,15-10-/t13-,14-/m1/s1. The minimum Gasteiger partial charge on any atom is -0.476 e. The van der Waals surface area contributed by atoms with Gasteiger partial charge >= 0.3 is 12.1 Å². The van der Waals surface area contributed by atoms with Gasteiger partial charge in [0.25, 0.3) is 0 Å². The fraction of sp³-hybridized carbons (Fsp3) is 0.375. The van der Waals surface area contributed by atoms with E-state index in [-0.39, 0.29) is 6.10 Å². The molecule has 116 valence electrons. The van der Waals surface area contributed by atoms with Crippen molar-refractivity contribution in [2.24, 2.45) is 0 Å². The van der Waals surface area contributed by atoms with Gasteiger partial charge in [0, 0.05) is 0 Å². The van der Waals surface area contributed by atoms with Gasteiger partial charge in [0.1, 0.15) is 12.2 Å². The summed E-state index contributed by atoms with van der Waals surface area (Å²) in [6, 6.07) is 9.68. The highest BCUT2D eigenvalue weighted by atomic mass is 16.8. The lowest BCUT2D eigenvalue weighted by molar-refractivity contribution is -0.151. The first-order chi connectivity index (χ1) is 10.5. The zero-order valence-electron chi connectivity index (χ0n) is 12.5. The molecule has 1 aromatic carbocycles. The average molecular weight is 303 g/mol. The first-order valence-electron chi connectivity index (χ1n) is 6.95. The highest BCUT2D eigenvalue weighted by molar-refractivity contribution is 5.49. The van der Waals surface area contributed by atoms with Crippen molar-refractivity contribution >= 4 is 6.08 Å². The highest BCUT2D eigenvalue weighted by Gasteiger charge is 2.38. The third kappa shape index (κ3) is 4.58. The van der Waals surface area contributed by atoms with Gasteiger partial charge < -0.3 is 19.3 Å². The largest absolute Gasteiger partial charge is 0.476 e. The van der Waals surface area contributed by atoms with Gasteiger partial charge in [-0.25, -0.2) is 0 Å².